The van der Waals surface area contributed by atoms with Crippen molar-refractivity contribution in [3.05, 3.63) is 46.0 Å². The first-order chi connectivity index (χ1) is 10.6. The number of amides is 2. The van der Waals surface area contributed by atoms with Crippen LogP contribution >= 0.6 is 0 Å². The number of ether oxygens (including phenoxy) is 1. The smallest absolute Gasteiger partial charge is 0.432 e. The van der Waals surface area contributed by atoms with E-state index in [4.69, 9.17) is 10.6 Å². The largest absolute Gasteiger partial charge is 0.442 e. The van der Waals surface area contributed by atoms with Crippen LogP contribution in [0.4, 0.5) is 9.18 Å². The number of nitrogens with zero attached hydrogens (tertiary/aromatic N) is 1. The number of nitrogens with one attached hydrogen (secondary N) is 1. The Kier molecular flexibility index (Phi) is 4.20. The van der Waals surface area contributed by atoms with Gasteiger partial charge in [0.1, 0.15) is 11.4 Å². The van der Waals surface area contributed by atoms with Crippen LogP contribution in [0.25, 0.3) is 10.9 Å². The molecule has 0 aliphatic carbocycles. The molecule has 0 unspecified atom stereocenters. The number of aromatic nitrogens is 1. The highest BCUT2D eigenvalue weighted by Crippen LogP contribution is 2.21. The normalized spacial score (nSPS) is 11.3. The van der Waals surface area contributed by atoms with Gasteiger partial charge in [-0.3, -0.25) is 9.59 Å². The zero-order chi connectivity index (χ0) is 17.4. The molecule has 0 fully saturated rings. The van der Waals surface area contributed by atoms with E-state index in [1.165, 1.54) is 12.1 Å². The van der Waals surface area contributed by atoms with Gasteiger partial charge in [0, 0.05) is 17.0 Å². The Labute approximate surface area is 130 Å². The molecular formula is C15H16FN3O4. The predicted octanol–water partition coefficient (Wildman–Crippen LogP) is 1.92. The lowest BCUT2D eigenvalue weighted by atomic mass is 10.1. The molecule has 3 N–H and O–H groups in total. The predicted molar refractivity (Wildman–Crippen MR) is 81.1 cm³/mol. The average molecular weight is 321 g/mol. The lowest BCUT2D eigenvalue weighted by Crippen LogP contribution is -2.45. The third-order valence-electron chi connectivity index (χ3n) is 2.88. The molecule has 0 atom stereocenters. The van der Waals surface area contributed by atoms with Crippen LogP contribution in [0.1, 0.15) is 31.1 Å². The Bertz CT molecular complexity index is 839. The Hall–Kier alpha value is -2.74. The fraction of sp³-hybridized carbons (Fsp3) is 0.267. The van der Waals surface area contributed by atoms with Gasteiger partial charge in [-0.25, -0.2) is 15.0 Å². The number of imide groups is 1. The summed E-state index contributed by atoms with van der Waals surface area (Å²) < 4.78 is 19.1. The molecule has 7 nitrogen and oxygen atoms in total. The maximum atomic E-state index is 14.1. The van der Waals surface area contributed by atoms with Gasteiger partial charge in [0.2, 0.25) is 5.56 Å². The molecule has 2 aromatic rings. The number of H-pyrrole nitrogens is 1. The SMILES string of the molecule is CC(C)(C)OC(=O)N(N)C(=O)c1c(F)ccc2[nH]c(=O)ccc12. The minimum Gasteiger partial charge on any atom is -0.442 e. The van der Waals surface area contributed by atoms with Crippen molar-refractivity contribution >= 4 is 22.9 Å². The van der Waals surface area contributed by atoms with Crippen LogP contribution in [0.5, 0.6) is 0 Å². The van der Waals surface area contributed by atoms with Crippen molar-refractivity contribution in [3.63, 3.8) is 0 Å². The summed E-state index contributed by atoms with van der Waals surface area (Å²) in [6.07, 6.45) is -1.11. The number of hydrogen-bond acceptors (Lipinski definition) is 5. The Morgan fingerprint density at radius 2 is 1.87 bits per heavy atom. The molecule has 0 saturated heterocycles. The molecule has 0 bridgehead atoms. The van der Waals surface area contributed by atoms with E-state index >= 15 is 0 Å². The summed E-state index contributed by atoms with van der Waals surface area (Å²) in [5.41, 5.74) is -1.44. The highest BCUT2D eigenvalue weighted by molar-refractivity contribution is 6.10. The van der Waals surface area contributed by atoms with Crippen molar-refractivity contribution in [2.75, 3.05) is 0 Å². The van der Waals surface area contributed by atoms with Crippen LogP contribution in [0.3, 0.4) is 0 Å². The van der Waals surface area contributed by atoms with E-state index in [1.807, 2.05) is 0 Å². The summed E-state index contributed by atoms with van der Waals surface area (Å²) in [5, 5.41) is 0.336. The highest BCUT2D eigenvalue weighted by Gasteiger charge is 2.28. The lowest BCUT2D eigenvalue weighted by Gasteiger charge is -2.23. The Balaban J connectivity index is 2.47. The van der Waals surface area contributed by atoms with Crippen LogP contribution in [0.2, 0.25) is 0 Å². The number of carbonyl (C=O) groups excluding carboxylic acids is 2. The van der Waals surface area contributed by atoms with Crippen molar-refractivity contribution in [3.8, 4) is 0 Å². The lowest BCUT2D eigenvalue weighted by molar-refractivity contribution is 0.0239. The maximum Gasteiger partial charge on any atom is 0.432 e. The average Bonchev–Trinajstić information content (AvgIpc) is 2.44. The van der Waals surface area contributed by atoms with E-state index in [1.54, 1.807) is 20.8 Å². The summed E-state index contributed by atoms with van der Waals surface area (Å²) in [7, 11) is 0. The topological polar surface area (TPSA) is 105 Å². The maximum absolute atomic E-state index is 14.1. The number of aromatic amines is 1. The van der Waals surface area contributed by atoms with E-state index in [2.05, 4.69) is 4.98 Å². The van der Waals surface area contributed by atoms with Crippen molar-refractivity contribution < 1.29 is 18.7 Å². The van der Waals surface area contributed by atoms with Gasteiger partial charge < -0.3 is 9.72 Å². The van der Waals surface area contributed by atoms with Crippen LogP contribution in [-0.2, 0) is 4.74 Å². The molecule has 122 valence electrons. The van der Waals surface area contributed by atoms with Crippen LogP contribution in [0, 0.1) is 5.82 Å². The number of hydrazine groups is 1. The minimum atomic E-state index is -1.11. The van der Waals surface area contributed by atoms with Crippen molar-refractivity contribution in [1.29, 1.82) is 0 Å². The highest BCUT2D eigenvalue weighted by atomic mass is 19.1. The van der Waals surface area contributed by atoms with E-state index < -0.39 is 34.5 Å². The van der Waals surface area contributed by atoms with Crippen LogP contribution in [-0.4, -0.2) is 27.6 Å². The zero-order valence-electron chi connectivity index (χ0n) is 12.8. The second-order valence-corrected chi connectivity index (χ2v) is 5.86. The van der Waals surface area contributed by atoms with Crippen molar-refractivity contribution in [2.24, 2.45) is 5.84 Å². The molecule has 8 heteroatoms. The van der Waals surface area contributed by atoms with E-state index in [-0.39, 0.29) is 15.9 Å². The van der Waals surface area contributed by atoms with Crippen LogP contribution < -0.4 is 11.4 Å². The molecule has 2 amide bonds. The van der Waals surface area contributed by atoms with E-state index in [0.717, 1.165) is 12.1 Å². The van der Waals surface area contributed by atoms with Gasteiger partial charge in [0.25, 0.3) is 5.91 Å². The zero-order valence-corrected chi connectivity index (χ0v) is 12.8. The molecule has 1 aromatic heterocycles. The van der Waals surface area contributed by atoms with Gasteiger partial charge in [-0.1, -0.05) is 0 Å². The summed E-state index contributed by atoms with van der Waals surface area (Å²) in [6, 6.07) is 4.76. The second kappa shape index (κ2) is 5.81. The number of carbonyl (C=O) groups is 2. The van der Waals surface area contributed by atoms with Crippen molar-refractivity contribution in [1.82, 2.24) is 9.99 Å². The Morgan fingerprint density at radius 1 is 1.22 bits per heavy atom. The second-order valence-electron chi connectivity index (χ2n) is 5.86. The number of nitrogens with two attached hydrogens (primary N) is 1. The van der Waals surface area contributed by atoms with Gasteiger partial charge in [-0.05, 0) is 39.0 Å². The third-order valence-corrected chi connectivity index (χ3v) is 2.88. The molecule has 23 heavy (non-hydrogen) atoms. The molecule has 2 rings (SSSR count). The van der Waals surface area contributed by atoms with Crippen LogP contribution in [0.15, 0.2) is 29.1 Å². The number of benzene rings is 1. The first kappa shape index (κ1) is 16.6. The minimum absolute atomic E-state index is 0.133. The molecule has 1 aromatic carbocycles. The van der Waals surface area contributed by atoms with E-state index in [0.29, 0.717) is 0 Å². The molecule has 0 aliphatic rings. The van der Waals surface area contributed by atoms with E-state index in [9.17, 15) is 18.8 Å². The monoisotopic (exact) mass is 321 g/mol. The molecular weight excluding hydrogens is 305 g/mol. The van der Waals surface area contributed by atoms with Gasteiger partial charge >= 0.3 is 6.09 Å². The first-order valence-corrected chi connectivity index (χ1v) is 6.74. The standard InChI is InChI=1S/C15H16FN3O4/c1-15(2,3)23-14(22)19(17)13(21)12-8-4-7-11(20)18-10(8)6-5-9(12)16/h4-7H,17H2,1-3H3,(H,18,20). The quantitative estimate of drug-likeness (QED) is 0.474. The first-order valence-electron chi connectivity index (χ1n) is 6.74. The van der Waals surface area contributed by atoms with Gasteiger partial charge in [0.05, 0.1) is 5.56 Å². The number of rotatable bonds is 1. The fourth-order valence-electron chi connectivity index (χ4n) is 1.94. The summed E-state index contributed by atoms with van der Waals surface area (Å²) >= 11 is 0. The third kappa shape index (κ3) is 3.54. The molecule has 0 spiro atoms. The number of halogens is 1. The van der Waals surface area contributed by atoms with Crippen molar-refractivity contribution in [2.45, 2.75) is 26.4 Å². The molecule has 0 aliphatic heterocycles. The van der Waals surface area contributed by atoms with Gasteiger partial charge in [0.15, 0.2) is 0 Å². The summed E-state index contributed by atoms with van der Waals surface area (Å²) in [5.74, 6) is 3.52. The summed E-state index contributed by atoms with van der Waals surface area (Å²) in [6.45, 7) is 4.81. The number of hydrogen-bond donors (Lipinski definition) is 2. The van der Waals surface area contributed by atoms with Gasteiger partial charge in [-0.15, -0.1) is 0 Å². The van der Waals surface area contributed by atoms with Gasteiger partial charge in [-0.2, -0.15) is 5.01 Å². The molecule has 0 radical (unpaired) electrons. The molecule has 0 saturated carbocycles. The number of fused-ring (bicyclic) bond motifs is 1. The molecule has 1 heterocycles. The fourth-order valence-corrected chi connectivity index (χ4v) is 1.94. The number of pyridine rings is 1. The summed E-state index contributed by atoms with van der Waals surface area (Å²) in [4.78, 5) is 38.0. The Morgan fingerprint density at radius 3 is 2.48 bits per heavy atom.